The van der Waals surface area contributed by atoms with Crippen LogP contribution < -0.4 is 10.1 Å². The van der Waals surface area contributed by atoms with Gasteiger partial charge in [0.2, 0.25) is 0 Å². The van der Waals surface area contributed by atoms with Gasteiger partial charge in [0.1, 0.15) is 5.75 Å². The Kier molecular flexibility index (Phi) is 4.48. The standard InChI is InChI=1S/C17H19NO3/c1-11-8-9-13(16(10-11)21-3)12(2)18-15-7-5-4-6-14(15)17(19)20/h4-10,12,18H,1-3H3,(H,19,20). The molecular weight excluding hydrogens is 266 g/mol. The third-order valence-electron chi connectivity index (χ3n) is 3.38. The van der Waals surface area contributed by atoms with E-state index in [2.05, 4.69) is 5.32 Å². The molecular formula is C17H19NO3. The number of hydrogen-bond acceptors (Lipinski definition) is 3. The van der Waals surface area contributed by atoms with Gasteiger partial charge in [-0.05, 0) is 37.6 Å². The van der Waals surface area contributed by atoms with Crippen molar-refractivity contribution in [1.29, 1.82) is 0 Å². The molecule has 110 valence electrons. The van der Waals surface area contributed by atoms with Crippen LogP contribution in [0, 0.1) is 6.92 Å². The fourth-order valence-corrected chi connectivity index (χ4v) is 2.28. The van der Waals surface area contributed by atoms with E-state index in [4.69, 9.17) is 4.74 Å². The Morgan fingerprint density at radius 3 is 2.62 bits per heavy atom. The Balaban J connectivity index is 2.30. The summed E-state index contributed by atoms with van der Waals surface area (Å²) in [5.41, 5.74) is 2.97. The summed E-state index contributed by atoms with van der Waals surface area (Å²) < 4.78 is 5.41. The van der Waals surface area contributed by atoms with Gasteiger partial charge in [-0.25, -0.2) is 4.79 Å². The minimum absolute atomic E-state index is 0.0685. The van der Waals surface area contributed by atoms with Crippen LogP contribution in [0.15, 0.2) is 42.5 Å². The van der Waals surface area contributed by atoms with E-state index in [9.17, 15) is 9.90 Å². The SMILES string of the molecule is COc1cc(C)ccc1C(C)Nc1ccccc1C(=O)O. The molecule has 2 N–H and O–H groups in total. The largest absolute Gasteiger partial charge is 0.496 e. The molecule has 0 bridgehead atoms. The number of nitrogens with one attached hydrogen (secondary N) is 1. The minimum atomic E-state index is -0.943. The van der Waals surface area contributed by atoms with Gasteiger partial charge in [-0.1, -0.05) is 24.3 Å². The molecule has 0 aromatic heterocycles. The van der Waals surface area contributed by atoms with Crippen LogP contribution in [0.5, 0.6) is 5.75 Å². The highest BCUT2D eigenvalue weighted by molar-refractivity contribution is 5.94. The molecule has 0 fully saturated rings. The average molecular weight is 285 g/mol. The highest BCUT2D eigenvalue weighted by atomic mass is 16.5. The first-order valence-electron chi connectivity index (χ1n) is 6.76. The number of rotatable bonds is 5. The molecule has 0 heterocycles. The van der Waals surface area contributed by atoms with Crippen LogP contribution in [0.3, 0.4) is 0 Å². The van der Waals surface area contributed by atoms with Crippen molar-refractivity contribution in [3.8, 4) is 5.75 Å². The molecule has 0 amide bonds. The second kappa shape index (κ2) is 6.31. The number of carboxylic acid groups (broad SMARTS) is 1. The maximum Gasteiger partial charge on any atom is 0.337 e. The third-order valence-corrected chi connectivity index (χ3v) is 3.38. The first kappa shape index (κ1) is 14.9. The lowest BCUT2D eigenvalue weighted by atomic mass is 10.0. The summed E-state index contributed by atoms with van der Waals surface area (Å²) in [6, 6.07) is 12.8. The van der Waals surface area contributed by atoms with Gasteiger partial charge in [-0.15, -0.1) is 0 Å². The van der Waals surface area contributed by atoms with E-state index >= 15 is 0 Å². The zero-order chi connectivity index (χ0) is 15.4. The van der Waals surface area contributed by atoms with Crippen LogP contribution in [0.1, 0.15) is 34.5 Å². The summed E-state index contributed by atoms with van der Waals surface area (Å²) >= 11 is 0. The van der Waals surface area contributed by atoms with Crippen LogP contribution in [-0.2, 0) is 0 Å². The van der Waals surface area contributed by atoms with E-state index < -0.39 is 5.97 Å². The van der Waals surface area contributed by atoms with E-state index in [-0.39, 0.29) is 11.6 Å². The fourth-order valence-electron chi connectivity index (χ4n) is 2.28. The first-order valence-corrected chi connectivity index (χ1v) is 6.76. The molecule has 0 saturated carbocycles. The van der Waals surface area contributed by atoms with Gasteiger partial charge in [0.25, 0.3) is 0 Å². The zero-order valence-electron chi connectivity index (χ0n) is 12.4. The van der Waals surface area contributed by atoms with Gasteiger partial charge in [0.05, 0.1) is 18.7 Å². The van der Waals surface area contributed by atoms with Crippen molar-refractivity contribution in [2.24, 2.45) is 0 Å². The molecule has 1 atom stereocenters. The number of carboxylic acids is 1. The molecule has 0 aliphatic heterocycles. The van der Waals surface area contributed by atoms with Gasteiger partial charge < -0.3 is 15.2 Å². The molecule has 4 nitrogen and oxygen atoms in total. The van der Waals surface area contributed by atoms with Crippen molar-refractivity contribution in [2.45, 2.75) is 19.9 Å². The van der Waals surface area contributed by atoms with Crippen molar-refractivity contribution in [3.63, 3.8) is 0 Å². The lowest BCUT2D eigenvalue weighted by Gasteiger charge is -2.20. The number of benzene rings is 2. The molecule has 2 aromatic carbocycles. The molecule has 0 aliphatic carbocycles. The van der Waals surface area contributed by atoms with E-state index in [0.717, 1.165) is 16.9 Å². The Morgan fingerprint density at radius 1 is 1.24 bits per heavy atom. The number of aryl methyl sites for hydroxylation is 1. The Bertz CT molecular complexity index is 652. The Morgan fingerprint density at radius 2 is 1.95 bits per heavy atom. The van der Waals surface area contributed by atoms with E-state index in [1.165, 1.54) is 0 Å². The molecule has 0 aliphatic rings. The third kappa shape index (κ3) is 3.34. The second-order valence-corrected chi connectivity index (χ2v) is 4.96. The number of carbonyl (C=O) groups is 1. The summed E-state index contributed by atoms with van der Waals surface area (Å²) in [5, 5.41) is 12.5. The van der Waals surface area contributed by atoms with Crippen molar-refractivity contribution >= 4 is 11.7 Å². The van der Waals surface area contributed by atoms with Gasteiger partial charge >= 0.3 is 5.97 Å². The number of para-hydroxylation sites is 1. The predicted molar refractivity (Wildman–Crippen MR) is 83.2 cm³/mol. The normalized spacial score (nSPS) is 11.8. The Hall–Kier alpha value is -2.49. The lowest BCUT2D eigenvalue weighted by Crippen LogP contribution is -2.11. The molecule has 2 rings (SSSR count). The summed E-state index contributed by atoms with van der Waals surface area (Å²) in [6.07, 6.45) is 0. The number of anilines is 1. The number of ether oxygens (including phenoxy) is 1. The number of aromatic carboxylic acids is 1. The molecule has 0 spiro atoms. The molecule has 1 unspecified atom stereocenters. The highest BCUT2D eigenvalue weighted by Gasteiger charge is 2.15. The fraction of sp³-hybridized carbons (Fsp3) is 0.235. The van der Waals surface area contributed by atoms with Gasteiger partial charge in [-0.2, -0.15) is 0 Å². The van der Waals surface area contributed by atoms with Crippen LogP contribution in [-0.4, -0.2) is 18.2 Å². The van der Waals surface area contributed by atoms with Crippen LogP contribution in [0.4, 0.5) is 5.69 Å². The summed E-state index contributed by atoms with van der Waals surface area (Å²) in [6.45, 7) is 3.98. The Labute approximate surface area is 124 Å². The van der Waals surface area contributed by atoms with Crippen molar-refractivity contribution in [3.05, 3.63) is 59.2 Å². The lowest BCUT2D eigenvalue weighted by molar-refractivity contribution is 0.0698. The predicted octanol–water partition coefficient (Wildman–Crippen LogP) is 3.87. The molecule has 4 heteroatoms. The number of methoxy groups -OCH3 is 1. The van der Waals surface area contributed by atoms with Crippen LogP contribution in [0.25, 0.3) is 0 Å². The van der Waals surface area contributed by atoms with Crippen LogP contribution >= 0.6 is 0 Å². The minimum Gasteiger partial charge on any atom is -0.496 e. The summed E-state index contributed by atoms with van der Waals surface area (Å²) in [5.74, 6) is -0.149. The van der Waals surface area contributed by atoms with Crippen LogP contribution in [0.2, 0.25) is 0 Å². The van der Waals surface area contributed by atoms with E-state index in [1.54, 1.807) is 25.3 Å². The quantitative estimate of drug-likeness (QED) is 0.875. The average Bonchev–Trinajstić information content (AvgIpc) is 2.47. The smallest absolute Gasteiger partial charge is 0.337 e. The monoisotopic (exact) mass is 285 g/mol. The van der Waals surface area contributed by atoms with Gasteiger partial charge in [-0.3, -0.25) is 0 Å². The molecule has 0 radical (unpaired) electrons. The zero-order valence-corrected chi connectivity index (χ0v) is 12.4. The maximum atomic E-state index is 11.2. The summed E-state index contributed by atoms with van der Waals surface area (Å²) in [7, 11) is 1.64. The van der Waals surface area contributed by atoms with Crippen molar-refractivity contribution in [2.75, 3.05) is 12.4 Å². The second-order valence-electron chi connectivity index (χ2n) is 4.96. The van der Waals surface area contributed by atoms with E-state index in [1.807, 2.05) is 38.1 Å². The topological polar surface area (TPSA) is 58.6 Å². The molecule has 21 heavy (non-hydrogen) atoms. The first-order chi connectivity index (χ1) is 10.0. The summed E-state index contributed by atoms with van der Waals surface area (Å²) in [4.78, 5) is 11.2. The van der Waals surface area contributed by atoms with Crippen molar-refractivity contribution in [1.82, 2.24) is 0 Å². The number of hydrogen-bond donors (Lipinski definition) is 2. The van der Waals surface area contributed by atoms with E-state index in [0.29, 0.717) is 5.69 Å². The molecule has 2 aromatic rings. The molecule has 0 saturated heterocycles. The highest BCUT2D eigenvalue weighted by Crippen LogP contribution is 2.29. The maximum absolute atomic E-state index is 11.2. The van der Waals surface area contributed by atoms with Gasteiger partial charge in [0.15, 0.2) is 0 Å². The van der Waals surface area contributed by atoms with Gasteiger partial charge in [0, 0.05) is 11.3 Å². The van der Waals surface area contributed by atoms with Crippen molar-refractivity contribution < 1.29 is 14.6 Å².